The first kappa shape index (κ1) is 17.5. The number of hydrogen-bond donors (Lipinski definition) is 0. The van der Waals surface area contributed by atoms with Gasteiger partial charge in [-0.1, -0.05) is 71.3 Å². The third kappa shape index (κ3) is 12.0. The lowest BCUT2D eigenvalue weighted by Gasteiger charge is -2.07. The zero-order valence-corrected chi connectivity index (χ0v) is 13.1. The van der Waals surface area contributed by atoms with Crippen LogP contribution >= 0.6 is 0 Å². The Hall–Kier alpha value is -0.520. The van der Waals surface area contributed by atoms with E-state index in [0.717, 1.165) is 11.8 Å². The minimum atomic E-state index is 0.744. The summed E-state index contributed by atoms with van der Waals surface area (Å²) in [4.78, 5) is 0. The van der Waals surface area contributed by atoms with Crippen molar-refractivity contribution < 1.29 is 0 Å². The van der Waals surface area contributed by atoms with Gasteiger partial charge in [-0.25, -0.2) is 0 Å². The Morgan fingerprint density at radius 2 is 1.28 bits per heavy atom. The van der Waals surface area contributed by atoms with Crippen LogP contribution in [0.3, 0.4) is 0 Å². The summed E-state index contributed by atoms with van der Waals surface area (Å²) in [5, 5.41) is 0. The van der Waals surface area contributed by atoms with Gasteiger partial charge in [-0.15, -0.1) is 0 Å². The Morgan fingerprint density at radius 3 is 1.83 bits per heavy atom. The largest absolute Gasteiger partial charge is 0.0885 e. The minimum absolute atomic E-state index is 0.744. The van der Waals surface area contributed by atoms with Gasteiger partial charge in [-0.3, -0.25) is 0 Å². The van der Waals surface area contributed by atoms with Gasteiger partial charge in [-0.05, 0) is 43.9 Å². The maximum absolute atomic E-state index is 2.42. The summed E-state index contributed by atoms with van der Waals surface area (Å²) in [7, 11) is 0. The normalized spacial score (nSPS) is 15.6. The quantitative estimate of drug-likeness (QED) is 0.289. The van der Waals surface area contributed by atoms with Crippen molar-refractivity contribution in [1.82, 2.24) is 0 Å². The van der Waals surface area contributed by atoms with Crippen LogP contribution in [0.15, 0.2) is 24.3 Å². The molecule has 18 heavy (non-hydrogen) atoms. The van der Waals surface area contributed by atoms with E-state index in [2.05, 4.69) is 52.0 Å². The molecule has 0 rings (SSSR count). The van der Waals surface area contributed by atoms with Crippen molar-refractivity contribution in [3.63, 3.8) is 0 Å². The van der Waals surface area contributed by atoms with Crippen molar-refractivity contribution in [2.24, 2.45) is 11.8 Å². The third-order valence-corrected chi connectivity index (χ3v) is 3.43. The van der Waals surface area contributed by atoms with Crippen molar-refractivity contribution in [3.05, 3.63) is 24.3 Å². The molecule has 106 valence electrons. The van der Waals surface area contributed by atoms with Gasteiger partial charge in [0.05, 0.1) is 0 Å². The fourth-order valence-corrected chi connectivity index (χ4v) is 2.14. The van der Waals surface area contributed by atoms with Crippen LogP contribution in [0.25, 0.3) is 0 Å². The van der Waals surface area contributed by atoms with Crippen LogP contribution in [0.4, 0.5) is 0 Å². The van der Waals surface area contributed by atoms with Crippen LogP contribution in [0, 0.1) is 11.8 Å². The van der Waals surface area contributed by atoms with Gasteiger partial charge in [0.15, 0.2) is 0 Å². The number of hydrogen-bond acceptors (Lipinski definition) is 0. The molecule has 0 nitrogen and oxygen atoms in total. The van der Waals surface area contributed by atoms with Crippen LogP contribution in [0.5, 0.6) is 0 Å². The van der Waals surface area contributed by atoms with E-state index < -0.39 is 0 Å². The van der Waals surface area contributed by atoms with E-state index >= 15 is 0 Å². The van der Waals surface area contributed by atoms with Gasteiger partial charge in [0, 0.05) is 0 Å². The lowest BCUT2D eigenvalue weighted by atomic mass is 9.99. The second kappa shape index (κ2) is 12.9. The molecule has 0 aromatic carbocycles. The Balaban J connectivity index is 3.52. The Labute approximate surface area is 116 Å². The summed E-state index contributed by atoms with van der Waals surface area (Å²) in [6.07, 6.45) is 20.0. The highest BCUT2D eigenvalue weighted by atomic mass is 14.0. The molecular weight excluding hydrogens is 216 g/mol. The lowest BCUT2D eigenvalue weighted by Crippen LogP contribution is -1.93. The second-order valence-electron chi connectivity index (χ2n) is 5.67. The zero-order chi connectivity index (χ0) is 13.6. The van der Waals surface area contributed by atoms with E-state index in [1.807, 2.05) is 0 Å². The van der Waals surface area contributed by atoms with Crippen LogP contribution in [0.2, 0.25) is 0 Å². The first-order valence-corrected chi connectivity index (χ1v) is 8.04. The molecule has 0 aliphatic heterocycles. The average molecular weight is 250 g/mol. The first-order valence-electron chi connectivity index (χ1n) is 8.04. The van der Waals surface area contributed by atoms with Gasteiger partial charge < -0.3 is 0 Å². The Bertz CT molecular complexity index is 212. The van der Waals surface area contributed by atoms with Gasteiger partial charge in [0.2, 0.25) is 0 Å². The molecule has 0 heteroatoms. The van der Waals surface area contributed by atoms with Crippen LogP contribution < -0.4 is 0 Å². The summed E-state index contributed by atoms with van der Waals surface area (Å²) in [5.74, 6) is 1.50. The molecule has 0 aromatic heterocycles. The van der Waals surface area contributed by atoms with Crippen molar-refractivity contribution in [3.8, 4) is 0 Å². The fraction of sp³-hybridized carbons (Fsp3) is 0.778. The van der Waals surface area contributed by atoms with Crippen LogP contribution in [-0.2, 0) is 0 Å². The standard InChI is InChI=1S/C18H34/c1-5-7-8-9-10-11-12-14-18(4)16-15-17(3)13-6-2/h9-10,15-18H,5-8,11-14H2,1-4H3. The Morgan fingerprint density at radius 1 is 0.722 bits per heavy atom. The van der Waals surface area contributed by atoms with Gasteiger partial charge >= 0.3 is 0 Å². The highest BCUT2D eigenvalue weighted by molar-refractivity contribution is 4.90. The molecule has 0 amide bonds. The fourth-order valence-electron chi connectivity index (χ4n) is 2.14. The molecule has 0 aliphatic carbocycles. The van der Waals surface area contributed by atoms with Crippen LogP contribution in [0.1, 0.15) is 79.1 Å². The summed E-state index contributed by atoms with van der Waals surface area (Å²) >= 11 is 0. The Kier molecular flexibility index (Phi) is 12.6. The summed E-state index contributed by atoms with van der Waals surface area (Å²) in [6.45, 7) is 9.18. The molecule has 0 heterocycles. The van der Waals surface area contributed by atoms with Crippen molar-refractivity contribution in [1.29, 1.82) is 0 Å². The maximum atomic E-state index is 2.42. The van der Waals surface area contributed by atoms with Crippen LogP contribution in [-0.4, -0.2) is 0 Å². The summed E-state index contributed by atoms with van der Waals surface area (Å²) < 4.78 is 0. The third-order valence-electron chi connectivity index (χ3n) is 3.43. The van der Waals surface area contributed by atoms with E-state index in [0.29, 0.717) is 0 Å². The van der Waals surface area contributed by atoms with Crippen molar-refractivity contribution >= 4 is 0 Å². The highest BCUT2D eigenvalue weighted by Crippen LogP contribution is 2.13. The van der Waals surface area contributed by atoms with E-state index in [1.54, 1.807) is 0 Å². The van der Waals surface area contributed by atoms with Gasteiger partial charge in [-0.2, -0.15) is 0 Å². The molecule has 0 fully saturated rings. The van der Waals surface area contributed by atoms with E-state index in [-0.39, 0.29) is 0 Å². The maximum Gasteiger partial charge on any atom is -0.0262 e. The molecule has 0 radical (unpaired) electrons. The number of unbranched alkanes of at least 4 members (excludes halogenated alkanes) is 3. The average Bonchev–Trinajstić information content (AvgIpc) is 2.35. The minimum Gasteiger partial charge on any atom is -0.0885 e. The molecule has 2 unspecified atom stereocenters. The molecule has 0 saturated heterocycles. The van der Waals surface area contributed by atoms with Crippen molar-refractivity contribution in [2.75, 3.05) is 0 Å². The molecule has 0 spiro atoms. The summed E-state index contributed by atoms with van der Waals surface area (Å²) in [5.41, 5.74) is 0. The number of rotatable bonds is 11. The molecule has 0 N–H and O–H groups in total. The predicted octanol–water partition coefficient (Wildman–Crippen LogP) is 6.53. The molecule has 0 bridgehead atoms. The topological polar surface area (TPSA) is 0 Å². The SMILES string of the molecule is CCCCC=CCCCC(C)C=CC(C)CCC. The van der Waals surface area contributed by atoms with E-state index in [9.17, 15) is 0 Å². The second-order valence-corrected chi connectivity index (χ2v) is 5.67. The van der Waals surface area contributed by atoms with E-state index in [4.69, 9.17) is 0 Å². The molecule has 0 saturated carbocycles. The predicted molar refractivity (Wildman–Crippen MR) is 84.9 cm³/mol. The lowest BCUT2D eigenvalue weighted by molar-refractivity contribution is 0.591. The van der Waals surface area contributed by atoms with Gasteiger partial charge in [0.1, 0.15) is 0 Å². The summed E-state index contributed by atoms with van der Waals surface area (Å²) in [6, 6.07) is 0. The first-order chi connectivity index (χ1) is 8.70. The number of allylic oxidation sites excluding steroid dienone is 4. The zero-order valence-electron chi connectivity index (χ0n) is 13.1. The molecule has 2 atom stereocenters. The van der Waals surface area contributed by atoms with Crippen molar-refractivity contribution in [2.45, 2.75) is 79.1 Å². The molecule has 0 aromatic rings. The highest BCUT2D eigenvalue weighted by Gasteiger charge is 1.98. The molecular formula is C18H34. The van der Waals surface area contributed by atoms with E-state index in [1.165, 1.54) is 51.4 Å². The smallest absolute Gasteiger partial charge is 0.0262 e. The molecule has 0 aliphatic rings. The van der Waals surface area contributed by atoms with Gasteiger partial charge in [0.25, 0.3) is 0 Å². The monoisotopic (exact) mass is 250 g/mol.